The summed E-state index contributed by atoms with van der Waals surface area (Å²) in [5.41, 5.74) is 3.16. The van der Waals surface area contributed by atoms with E-state index in [1.54, 1.807) is 13.2 Å². The highest BCUT2D eigenvalue weighted by Crippen LogP contribution is 2.27. The third-order valence-corrected chi connectivity index (χ3v) is 3.66. The highest BCUT2D eigenvalue weighted by Gasteiger charge is 2.09. The molecule has 2 N–H and O–H groups in total. The maximum atomic E-state index is 11.6. The van der Waals surface area contributed by atoms with Crippen molar-refractivity contribution in [2.45, 2.75) is 39.7 Å². The number of aromatic amines is 1. The van der Waals surface area contributed by atoms with Gasteiger partial charge in [-0.05, 0) is 50.6 Å². The normalized spacial score (nSPS) is 12.0. The van der Waals surface area contributed by atoms with E-state index < -0.39 is 0 Å². The van der Waals surface area contributed by atoms with Crippen LogP contribution in [0.4, 0.5) is 0 Å². The van der Waals surface area contributed by atoms with Gasteiger partial charge in [0, 0.05) is 17.5 Å². The zero-order chi connectivity index (χ0) is 16.1. The molecule has 118 valence electrons. The number of ether oxygens (including phenoxy) is 1. The Kier molecular flexibility index (Phi) is 5.26. The largest absolute Gasteiger partial charge is 0.495 e. The monoisotopic (exact) mass is 300 g/mol. The summed E-state index contributed by atoms with van der Waals surface area (Å²) in [6.45, 7) is 6.40. The third kappa shape index (κ3) is 3.70. The summed E-state index contributed by atoms with van der Waals surface area (Å²) in [6.07, 6.45) is 3.94. The van der Waals surface area contributed by atoms with Crippen LogP contribution < -0.4 is 15.6 Å². The molecular weight excluding hydrogens is 276 g/mol. The lowest BCUT2D eigenvalue weighted by Gasteiger charge is -2.13. The fourth-order valence-corrected chi connectivity index (χ4v) is 2.42. The van der Waals surface area contributed by atoms with E-state index in [0.29, 0.717) is 11.8 Å². The van der Waals surface area contributed by atoms with Crippen molar-refractivity contribution in [3.05, 3.63) is 52.0 Å². The molecule has 0 fully saturated rings. The predicted octanol–water partition coefficient (Wildman–Crippen LogP) is 3.37. The smallest absolute Gasteiger partial charge is 0.248 e. The Morgan fingerprint density at radius 3 is 2.73 bits per heavy atom. The Balaban J connectivity index is 2.43. The molecule has 1 aromatic heterocycles. The molecule has 0 aliphatic rings. The van der Waals surface area contributed by atoms with Crippen molar-refractivity contribution in [2.24, 2.45) is 0 Å². The molecule has 0 aliphatic heterocycles. The van der Waals surface area contributed by atoms with Gasteiger partial charge in [-0.25, -0.2) is 0 Å². The first-order chi connectivity index (χ1) is 10.5. The summed E-state index contributed by atoms with van der Waals surface area (Å²) >= 11 is 0. The quantitative estimate of drug-likeness (QED) is 0.860. The molecule has 0 saturated carbocycles. The number of rotatable bonds is 6. The molecule has 1 aromatic carbocycles. The van der Waals surface area contributed by atoms with Crippen molar-refractivity contribution in [2.75, 3.05) is 7.11 Å². The van der Waals surface area contributed by atoms with Crippen LogP contribution in [0.5, 0.6) is 5.75 Å². The molecule has 2 rings (SSSR count). The molecule has 4 nitrogen and oxygen atoms in total. The average Bonchev–Trinajstić information content (AvgIpc) is 2.50. The van der Waals surface area contributed by atoms with E-state index in [9.17, 15) is 4.79 Å². The summed E-state index contributed by atoms with van der Waals surface area (Å²) in [4.78, 5) is 14.5. The summed E-state index contributed by atoms with van der Waals surface area (Å²) in [5.74, 6) is 0.693. The molecule has 4 heteroatoms. The maximum Gasteiger partial charge on any atom is 0.248 e. The summed E-state index contributed by atoms with van der Waals surface area (Å²) in [6, 6.07) is 7.84. The first-order valence-corrected chi connectivity index (χ1v) is 7.68. The van der Waals surface area contributed by atoms with Crippen LogP contribution in [0, 0.1) is 0 Å². The second-order valence-corrected chi connectivity index (χ2v) is 5.69. The van der Waals surface area contributed by atoms with Gasteiger partial charge in [0.05, 0.1) is 12.6 Å². The number of H-pyrrole nitrogens is 1. The second-order valence-electron chi connectivity index (χ2n) is 5.69. The molecule has 2 aromatic rings. The van der Waals surface area contributed by atoms with Gasteiger partial charge in [-0.2, -0.15) is 0 Å². The van der Waals surface area contributed by atoms with Crippen LogP contribution in [-0.4, -0.2) is 18.1 Å². The molecule has 0 atom stereocenters. The van der Waals surface area contributed by atoms with Crippen molar-refractivity contribution in [3.63, 3.8) is 0 Å². The van der Waals surface area contributed by atoms with E-state index >= 15 is 0 Å². The third-order valence-electron chi connectivity index (χ3n) is 3.66. The first kappa shape index (κ1) is 16.1. The molecule has 0 spiro atoms. The second kappa shape index (κ2) is 7.16. The van der Waals surface area contributed by atoms with Crippen LogP contribution >= 0.6 is 0 Å². The summed E-state index contributed by atoms with van der Waals surface area (Å²) < 4.78 is 5.35. The minimum Gasteiger partial charge on any atom is -0.495 e. The van der Waals surface area contributed by atoms with Crippen LogP contribution in [0.25, 0.3) is 10.9 Å². The van der Waals surface area contributed by atoms with E-state index in [2.05, 4.69) is 43.3 Å². The van der Waals surface area contributed by atoms with Gasteiger partial charge < -0.3 is 15.0 Å². The van der Waals surface area contributed by atoms with Gasteiger partial charge in [-0.15, -0.1) is 0 Å². The number of allylic oxidation sites excluding steroid dienone is 1. The highest BCUT2D eigenvalue weighted by atomic mass is 16.5. The topological polar surface area (TPSA) is 54.1 Å². The SMILES string of the molecule is CC/C(=C/NC(C)C)Cc1ccc(OC)c2[nH]c(=O)ccc12. The van der Waals surface area contributed by atoms with Crippen LogP contribution in [0.15, 0.2) is 40.8 Å². The molecule has 0 bridgehead atoms. The Morgan fingerprint density at radius 2 is 2.09 bits per heavy atom. The molecule has 0 radical (unpaired) electrons. The van der Waals surface area contributed by atoms with Crippen LogP contribution in [0.1, 0.15) is 32.8 Å². The lowest BCUT2D eigenvalue weighted by atomic mass is 9.99. The van der Waals surface area contributed by atoms with Crippen molar-refractivity contribution < 1.29 is 4.74 Å². The number of nitrogens with one attached hydrogen (secondary N) is 2. The van der Waals surface area contributed by atoms with E-state index in [0.717, 1.165) is 23.7 Å². The van der Waals surface area contributed by atoms with E-state index in [4.69, 9.17) is 4.74 Å². The Bertz CT molecular complexity index is 729. The van der Waals surface area contributed by atoms with Gasteiger partial charge in [0.2, 0.25) is 5.56 Å². The van der Waals surface area contributed by atoms with Crippen LogP contribution in [0.2, 0.25) is 0 Å². The Morgan fingerprint density at radius 1 is 1.32 bits per heavy atom. The lowest BCUT2D eigenvalue weighted by Crippen LogP contribution is -2.16. The van der Waals surface area contributed by atoms with Gasteiger partial charge in [0.15, 0.2) is 0 Å². The lowest BCUT2D eigenvalue weighted by molar-refractivity contribution is 0.418. The number of aromatic nitrogens is 1. The van der Waals surface area contributed by atoms with Crippen LogP contribution in [0.3, 0.4) is 0 Å². The predicted molar refractivity (Wildman–Crippen MR) is 91.5 cm³/mol. The number of hydrogen-bond donors (Lipinski definition) is 2. The van der Waals surface area contributed by atoms with Gasteiger partial charge in [-0.1, -0.05) is 18.6 Å². The molecule has 0 amide bonds. The summed E-state index contributed by atoms with van der Waals surface area (Å²) in [5, 5.41) is 4.38. The maximum absolute atomic E-state index is 11.6. The van der Waals surface area contributed by atoms with Crippen molar-refractivity contribution in [1.82, 2.24) is 10.3 Å². The minimum atomic E-state index is -0.115. The molecule has 0 unspecified atom stereocenters. The molecule has 22 heavy (non-hydrogen) atoms. The van der Waals surface area contributed by atoms with Crippen molar-refractivity contribution >= 4 is 10.9 Å². The highest BCUT2D eigenvalue weighted by molar-refractivity contribution is 5.87. The zero-order valence-corrected chi connectivity index (χ0v) is 13.7. The number of pyridine rings is 1. The Hall–Kier alpha value is -2.23. The minimum absolute atomic E-state index is 0.115. The molecule has 0 aliphatic carbocycles. The summed E-state index contributed by atoms with van der Waals surface area (Å²) in [7, 11) is 1.61. The number of benzene rings is 1. The van der Waals surface area contributed by atoms with Crippen molar-refractivity contribution in [3.8, 4) is 5.75 Å². The van der Waals surface area contributed by atoms with E-state index in [1.807, 2.05) is 12.1 Å². The fraction of sp³-hybridized carbons (Fsp3) is 0.389. The van der Waals surface area contributed by atoms with Gasteiger partial charge >= 0.3 is 0 Å². The number of methoxy groups -OCH3 is 1. The first-order valence-electron chi connectivity index (χ1n) is 7.68. The van der Waals surface area contributed by atoms with Gasteiger partial charge in [0.25, 0.3) is 0 Å². The van der Waals surface area contributed by atoms with Crippen LogP contribution in [-0.2, 0) is 6.42 Å². The van der Waals surface area contributed by atoms with E-state index in [-0.39, 0.29) is 5.56 Å². The van der Waals surface area contributed by atoms with Gasteiger partial charge in [0.1, 0.15) is 5.75 Å². The molecule has 1 heterocycles. The standard InChI is InChI=1S/C18H24N2O2/c1-5-13(11-19-12(2)3)10-14-6-8-16(22-4)18-15(14)7-9-17(21)20-18/h6-9,11-12,19H,5,10H2,1-4H3,(H,20,21)/b13-11-. The van der Waals surface area contributed by atoms with Gasteiger partial charge in [-0.3, -0.25) is 4.79 Å². The zero-order valence-electron chi connectivity index (χ0n) is 13.7. The van der Waals surface area contributed by atoms with Crippen molar-refractivity contribution in [1.29, 1.82) is 0 Å². The van der Waals surface area contributed by atoms with E-state index in [1.165, 1.54) is 11.1 Å². The average molecular weight is 300 g/mol. The number of fused-ring (bicyclic) bond motifs is 1. The molecule has 0 saturated heterocycles. The Labute approximate surface area is 131 Å². The molecular formula is C18H24N2O2. The number of hydrogen-bond acceptors (Lipinski definition) is 3. The fourth-order valence-electron chi connectivity index (χ4n) is 2.42.